The molecular formula is C16H20BrN3. The molecule has 0 aliphatic carbocycles. The van der Waals surface area contributed by atoms with Gasteiger partial charge < -0.3 is 10.3 Å². The van der Waals surface area contributed by atoms with Gasteiger partial charge in [-0.2, -0.15) is 0 Å². The average Bonchev–Trinajstić information content (AvgIpc) is 2.70. The first-order valence-electron chi connectivity index (χ1n) is 7.06. The lowest BCUT2D eigenvalue weighted by Crippen LogP contribution is -2.30. The summed E-state index contributed by atoms with van der Waals surface area (Å²) in [5.41, 5.74) is 13.6. The number of nitrogens with two attached hydrogens (primary N) is 1. The third kappa shape index (κ3) is 2.21. The Hall–Kier alpha value is -1.13. The van der Waals surface area contributed by atoms with Crippen LogP contribution in [-0.4, -0.2) is 15.6 Å². The van der Waals surface area contributed by atoms with E-state index in [9.17, 15) is 0 Å². The molecule has 0 spiro atoms. The molecule has 2 heterocycles. The second-order valence-electron chi connectivity index (χ2n) is 5.83. The number of nitrogens with zero attached hydrogens (tertiary/aromatic N) is 2. The molecule has 2 aromatic rings. The van der Waals surface area contributed by atoms with Gasteiger partial charge in [0.25, 0.3) is 0 Å². The number of rotatable bonds is 1. The zero-order valence-corrected chi connectivity index (χ0v) is 13.8. The van der Waals surface area contributed by atoms with Crippen LogP contribution in [0.1, 0.15) is 28.8 Å². The molecule has 4 heteroatoms. The average molecular weight is 334 g/mol. The van der Waals surface area contributed by atoms with E-state index >= 15 is 0 Å². The third-order valence-electron chi connectivity index (χ3n) is 4.30. The van der Waals surface area contributed by atoms with E-state index in [0.29, 0.717) is 0 Å². The van der Waals surface area contributed by atoms with Crippen molar-refractivity contribution in [3.05, 3.63) is 39.3 Å². The Bertz CT molecular complexity index is 673. The molecule has 1 unspecified atom stereocenters. The predicted octanol–water partition coefficient (Wildman–Crippen LogP) is 3.51. The van der Waals surface area contributed by atoms with Gasteiger partial charge in [0, 0.05) is 30.3 Å². The first-order chi connectivity index (χ1) is 9.47. The van der Waals surface area contributed by atoms with Crippen molar-refractivity contribution in [1.82, 2.24) is 9.55 Å². The Kier molecular flexibility index (Phi) is 3.46. The largest absolute Gasteiger partial charge is 0.327 e. The number of imidazole rings is 1. The van der Waals surface area contributed by atoms with E-state index in [1.165, 1.54) is 27.9 Å². The van der Waals surface area contributed by atoms with Gasteiger partial charge in [0.15, 0.2) is 4.73 Å². The fourth-order valence-corrected chi connectivity index (χ4v) is 3.54. The third-order valence-corrected chi connectivity index (χ3v) is 4.91. The summed E-state index contributed by atoms with van der Waals surface area (Å²) in [6, 6.07) is 4.74. The molecule has 1 aromatic heterocycles. The summed E-state index contributed by atoms with van der Waals surface area (Å²) >= 11 is 3.59. The zero-order chi connectivity index (χ0) is 14.4. The maximum atomic E-state index is 6.14. The Morgan fingerprint density at radius 2 is 1.90 bits per heavy atom. The molecule has 1 aliphatic heterocycles. The van der Waals surface area contributed by atoms with Crippen molar-refractivity contribution in [3.63, 3.8) is 0 Å². The summed E-state index contributed by atoms with van der Waals surface area (Å²) < 4.78 is 3.18. The highest BCUT2D eigenvalue weighted by Crippen LogP contribution is 2.33. The van der Waals surface area contributed by atoms with E-state index in [2.05, 4.69) is 53.4 Å². The Balaban J connectivity index is 2.18. The van der Waals surface area contributed by atoms with Crippen molar-refractivity contribution >= 4 is 15.9 Å². The summed E-state index contributed by atoms with van der Waals surface area (Å²) in [5, 5.41) is 0. The van der Waals surface area contributed by atoms with Crippen molar-refractivity contribution in [1.29, 1.82) is 0 Å². The lowest BCUT2D eigenvalue weighted by Gasteiger charge is -2.22. The van der Waals surface area contributed by atoms with Gasteiger partial charge in [0.1, 0.15) is 0 Å². The van der Waals surface area contributed by atoms with E-state index < -0.39 is 0 Å². The minimum Gasteiger partial charge on any atom is -0.327 e. The van der Waals surface area contributed by atoms with Gasteiger partial charge in [-0.25, -0.2) is 4.98 Å². The first kappa shape index (κ1) is 13.8. The molecule has 0 fully saturated rings. The smallest absolute Gasteiger partial charge is 0.177 e. The summed E-state index contributed by atoms with van der Waals surface area (Å²) in [7, 11) is 0. The molecule has 0 amide bonds. The maximum absolute atomic E-state index is 6.14. The number of halogens is 1. The van der Waals surface area contributed by atoms with Crippen LogP contribution in [0.15, 0.2) is 16.9 Å². The van der Waals surface area contributed by atoms with Gasteiger partial charge in [-0.15, -0.1) is 0 Å². The molecule has 20 heavy (non-hydrogen) atoms. The van der Waals surface area contributed by atoms with Crippen LogP contribution in [0, 0.1) is 20.8 Å². The fraction of sp³-hybridized carbons (Fsp3) is 0.438. The second-order valence-corrected chi connectivity index (χ2v) is 6.54. The SMILES string of the molecule is Cc1cc(C)c(-c2nc(Br)n3c2CC(N)CC3)cc1C. The van der Waals surface area contributed by atoms with Crippen LogP contribution in [0.4, 0.5) is 0 Å². The number of fused-ring (bicyclic) bond motifs is 1. The van der Waals surface area contributed by atoms with E-state index in [1.807, 2.05) is 0 Å². The molecular weight excluding hydrogens is 314 g/mol. The summed E-state index contributed by atoms with van der Waals surface area (Å²) in [6.07, 6.45) is 1.92. The quantitative estimate of drug-likeness (QED) is 0.867. The van der Waals surface area contributed by atoms with Gasteiger partial charge in [0.05, 0.1) is 5.69 Å². The monoisotopic (exact) mass is 333 g/mol. The summed E-state index contributed by atoms with van der Waals surface area (Å²) in [6.45, 7) is 7.42. The highest BCUT2D eigenvalue weighted by atomic mass is 79.9. The Morgan fingerprint density at radius 3 is 2.65 bits per heavy atom. The molecule has 3 rings (SSSR count). The standard InChI is InChI=1S/C16H20BrN3/c1-9-6-11(3)13(7-10(9)2)15-14-8-12(18)4-5-20(14)16(17)19-15/h6-7,12H,4-5,8,18H2,1-3H3. The molecule has 1 aliphatic rings. The van der Waals surface area contributed by atoms with Crippen LogP contribution in [-0.2, 0) is 13.0 Å². The number of hydrogen-bond acceptors (Lipinski definition) is 2. The number of benzene rings is 1. The van der Waals surface area contributed by atoms with E-state index in [0.717, 1.165) is 29.8 Å². The predicted molar refractivity (Wildman–Crippen MR) is 85.9 cm³/mol. The molecule has 1 aromatic carbocycles. The Morgan fingerprint density at radius 1 is 1.20 bits per heavy atom. The van der Waals surface area contributed by atoms with Gasteiger partial charge in [-0.3, -0.25) is 0 Å². The highest BCUT2D eigenvalue weighted by Gasteiger charge is 2.24. The maximum Gasteiger partial charge on any atom is 0.177 e. The van der Waals surface area contributed by atoms with Gasteiger partial charge in [-0.05, 0) is 65.9 Å². The van der Waals surface area contributed by atoms with Crippen molar-refractivity contribution in [3.8, 4) is 11.3 Å². The van der Waals surface area contributed by atoms with E-state index in [4.69, 9.17) is 10.7 Å². The highest BCUT2D eigenvalue weighted by molar-refractivity contribution is 9.10. The van der Waals surface area contributed by atoms with Gasteiger partial charge in [-0.1, -0.05) is 6.07 Å². The van der Waals surface area contributed by atoms with Crippen LogP contribution in [0.25, 0.3) is 11.3 Å². The number of hydrogen-bond donors (Lipinski definition) is 1. The number of aromatic nitrogens is 2. The Labute approximate surface area is 128 Å². The molecule has 0 bridgehead atoms. The van der Waals surface area contributed by atoms with Crippen LogP contribution in [0.3, 0.4) is 0 Å². The normalized spacial score (nSPS) is 18.1. The summed E-state index contributed by atoms with van der Waals surface area (Å²) in [5.74, 6) is 0. The molecule has 106 valence electrons. The number of aryl methyl sites for hydroxylation is 3. The minimum atomic E-state index is 0.247. The molecule has 2 N–H and O–H groups in total. The molecule has 1 atom stereocenters. The van der Waals surface area contributed by atoms with Crippen molar-refractivity contribution in [2.45, 2.75) is 46.2 Å². The van der Waals surface area contributed by atoms with E-state index in [-0.39, 0.29) is 6.04 Å². The lowest BCUT2D eigenvalue weighted by molar-refractivity contribution is 0.467. The minimum absolute atomic E-state index is 0.247. The molecule has 0 radical (unpaired) electrons. The van der Waals surface area contributed by atoms with Crippen LogP contribution in [0.2, 0.25) is 0 Å². The van der Waals surface area contributed by atoms with Crippen LogP contribution >= 0.6 is 15.9 Å². The van der Waals surface area contributed by atoms with Crippen molar-refractivity contribution in [2.24, 2.45) is 5.73 Å². The van der Waals surface area contributed by atoms with Crippen molar-refractivity contribution < 1.29 is 0 Å². The molecule has 0 saturated heterocycles. The van der Waals surface area contributed by atoms with Crippen LogP contribution in [0.5, 0.6) is 0 Å². The van der Waals surface area contributed by atoms with Crippen molar-refractivity contribution in [2.75, 3.05) is 0 Å². The topological polar surface area (TPSA) is 43.8 Å². The molecule has 3 nitrogen and oxygen atoms in total. The van der Waals surface area contributed by atoms with Gasteiger partial charge in [0.2, 0.25) is 0 Å². The van der Waals surface area contributed by atoms with Crippen LogP contribution < -0.4 is 5.73 Å². The second kappa shape index (κ2) is 5.01. The fourth-order valence-electron chi connectivity index (χ4n) is 2.97. The lowest BCUT2D eigenvalue weighted by atomic mass is 9.95. The molecule has 0 saturated carbocycles. The van der Waals surface area contributed by atoms with Gasteiger partial charge >= 0.3 is 0 Å². The first-order valence-corrected chi connectivity index (χ1v) is 7.85. The van der Waals surface area contributed by atoms with E-state index in [1.54, 1.807) is 0 Å². The zero-order valence-electron chi connectivity index (χ0n) is 12.2. The summed E-state index contributed by atoms with van der Waals surface area (Å²) in [4.78, 5) is 4.75.